The summed E-state index contributed by atoms with van der Waals surface area (Å²) < 4.78 is 0. The minimum atomic E-state index is 0.607. The predicted molar refractivity (Wildman–Crippen MR) is 75.5 cm³/mol. The summed E-state index contributed by atoms with van der Waals surface area (Å²) in [7, 11) is 2.24. The third-order valence-electron chi connectivity index (χ3n) is 4.16. The molecular formula is C14H31N3. The van der Waals surface area contributed by atoms with Crippen LogP contribution < -0.4 is 5.32 Å². The Labute approximate surface area is 108 Å². The minimum absolute atomic E-state index is 0.607. The molecule has 3 unspecified atom stereocenters. The van der Waals surface area contributed by atoms with Crippen LogP contribution in [0.1, 0.15) is 40.5 Å². The molecule has 102 valence electrons. The Bertz CT molecular complexity index is 204. The zero-order chi connectivity index (χ0) is 12.8. The molecule has 0 bridgehead atoms. The van der Waals surface area contributed by atoms with Gasteiger partial charge in [-0.3, -0.25) is 0 Å². The summed E-state index contributed by atoms with van der Waals surface area (Å²) in [5.74, 6) is 0. The fourth-order valence-corrected chi connectivity index (χ4v) is 2.76. The maximum atomic E-state index is 3.80. The maximum Gasteiger partial charge on any atom is 0.0169 e. The van der Waals surface area contributed by atoms with E-state index in [9.17, 15) is 0 Å². The molecule has 1 aliphatic heterocycles. The summed E-state index contributed by atoms with van der Waals surface area (Å²) in [6.45, 7) is 13.9. The summed E-state index contributed by atoms with van der Waals surface area (Å²) in [5, 5.41) is 3.80. The largest absolute Gasteiger partial charge is 0.310 e. The third kappa shape index (κ3) is 4.94. The molecule has 1 N–H and O–H groups in total. The average Bonchev–Trinajstić information content (AvgIpc) is 2.31. The standard InChI is InChI=1S/C14H31N3/c1-6-17(7-2)11-12(3)15-14-8-9-16(5)13(4)10-14/h12-15H,6-11H2,1-5H3. The van der Waals surface area contributed by atoms with Crippen LogP contribution >= 0.6 is 0 Å². The number of hydrogen-bond acceptors (Lipinski definition) is 3. The molecule has 1 fully saturated rings. The van der Waals surface area contributed by atoms with Crippen molar-refractivity contribution in [3.8, 4) is 0 Å². The molecule has 0 amide bonds. The van der Waals surface area contributed by atoms with E-state index in [0.717, 1.165) is 19.1 Å². The Kier molecular flexibility index (Phi) is 6.45. The number of rotatable bonds is 6. The van der Waals surface area contributed by atoms with Crippen molar-refractivity contribution in [1.82, 2.24) is 15.1 Å². The lowest BCUT2D eigenvalue weighted by molar-refractivity contribution is 0.156. The van der Waals surface area contributed by atoms with Crippen LogP contribution in [0.3, 0.4) is 0 Å². The van der Waals surface area contributed by atoms with Crippen LogP contribution in [0.2, 0.25) is 0 Å². The summed E-state index contributed by atoms with van der Waals surface area (Å²) in [6, 6.07) is 2.05. The summed E-state index contributed by atoms with van der Waals surface area (Å²) >= 11 is 0. The van der Waals surface area contributed by atoms with Crippen molar-refractivity contribution in [2.24, 2.45) is 0 Å². The van der Waals surface area contributed by atoms with Crippen molar-refractivity contribution in [3.63, 3.8) is 0 Å². The minimum Gasteiger partial charge on any atom is -0.310 e. The first-order chi connectivity index (χ1) is 8.06. The molecule has 3 nitrogen and oxygen atoms in total. The first kappa shape index (κ1) is 14.9. The quantitative estimate of drug-likeness (QED) is 0.765. The van der Waals surface area contributed by atoms with E-state index in [2.05, 4.69) is 49.9 Å². The Morgan fingerprint density at radius 2 is 2.00 bits per heavy atom. The zero-order valence-corrected chi connectivity index (χ0v) is 12.4. The molecule has 3 atom stereocenters. The van der Waals surface area contributed by atoms with Gasteiger partial charge in [0.2, 0.25) is 0 Å². The summed E-state index contributed by atoms with van der Waals surface area (Å²) in [5.41, 5.74) is 0. The highest BCUT2D eigenvalue weighted by molar-refractivity contribution is 4.83. The highest BCUT2D eigenvalue weighted by Gasteiger charge is 2.23. The van der Waals surface area contributed by atoms with Gasteiger partial charge >= 0.3 is 0 Å². The molecule has 1 aliphatic rings. The summed E-state index contributed by atoms with van der Waals surface area (Å²) in [4.78, 5) is 4.96. The lowest BCUT2D eigenvalue weighted by Crippen LogP contribution is -2.50. The molecule has 0 radical (unpaired) electrons. The number of likely N-dealkylation sites (N-methyl/N-ethyl adjacent to an activating group) is 1. The zero-order valence-electron chi connectivity index (χ0n) is 12.4. The van der Waals surface area contributed by atoms with E-state index in [1.165, 1.54) is 25.9 Å². The van der Waals surface area contributed by atoms with Crippen LogP contribution in [0.4, 0.5) is 0 Å². The van der Waals surface area contributed by atoms with E-state index in [1.54, 1.807) is 0 Å². The van der Waals surface area contributed by atoms with Crippen molar-refractivity contribution in [2.45, 2.75) is 58.7 Å². The fraction of sp³-hybridized carbons (Fsp3) is 1.00. The molecule has 0 aromatic heterocycles. The first-order valence-corrected chi connectivity index (χ1v) is 7.25. The van der Waals surface area contributed by atoms with Crippen LogP contribution in [0.15, 0.2) is 0 Å². The van der Waals surface area contributed by atoms with Crippen molar-refractivity contribution in [3.05, 3.63) is 0 Å². The van der Waals surface area contributed by atoms with Crippen LogP contribution in [-0.4, -0.2) is 61.2 Å². The Morgan fingerprint density at radius 3 is 2.53 bits per heavy atom. The molecule has 1 saturated heterocycles. The van der Waals surface area contributed by atoms with Crippen molar-refractivity contribution in [2.75, 3.05) is 33.2 Å². The van der Waals surface area contributed by atoms with Crippen LogP contribution in [-0.2, 0) is 0 Å². The van der Waals surface area contributed by atoms with Gasteiger partial charge in [0, 0.05) is 24.7 Å². The molecule has 0 spiro atoms. The first-order valence-electron chi connectivity index (χ1n) is 7.25. The van der Waals surface area contributed by atoms with Gasteiger partial charge in [-0.2, -0.15) is 0 Å². The van der Waals surface area contributed by atoms with Crippen LogP contribution in [0.25, 0.3) is 0 Å². The van der Waals surface area contributed by atoms with Gasteiger partial charge in [0.05, 0.1) is 0 Å². The van der Waals surface area contributed by atoms with E-state index >= 15 is 0 Å². The number of nitrogens with zero attached hydrogens (tertiary/aromatic N) is 2. The van der Waals surface area contributed by atoms with Gasteiger partial charge < -0.3 is 15.1 Å². The molecule has 0 aromatic carbocycles. The third-order valence-corrected chi connectivity index (χ3v) is 4.16. The van der Waals surface area contributed by atoms with E-state index in [-0.39, 0.29) is 0 Å². The summed E-state index contributed by atoms with van der Waals surface area (Å²) in [6.07, 6.45) is 2.59. The second-order valence-electron chi connectivity index (χ2n) is 5.60. The Hall–Kier alpha value is -0.120. The molecule has 1 heterocycles. The van der Waals surface area contributed by atoms with Gasteiger partial charge in [-0.05, 0) is 53.4 Å². The van der Waals surface area contributed by atoms with Gasteiger partial charge in [-0.1, -0.05) is 13.8 Å². The van der Waals surface area contributed by atoms with Crippen molar-refractivity contribution in [1.29, 1.82) is 0 Å². The second kappa shape index (κ2) is 7.34. The van der Waals surface area contributed by atoms with Gasteiger partial charge in [-0.25, -0.2) is 0 Å². The number of likely N-dealkylation sites (tertiary alicyclic amines) is 1. The topological polar surface area (TPSA) is 18.5 Å². The predicted octanol–water partition coefficient (Wildman–Crippen LogP) is 1.79. The van der Waals surface area contributed by atoms with Gasteiger partial charge in [0.25, 0.3) is 0 Å². The normalized spacial score (nSPS) is 28.6. The van der Waals surface area contributed by atoms with Crippen molar-refractivity contribution < 1.29 is 0 Å². The lowest BCUT2D eigenvalue weighted by Gasteiger charge is -2.37. The number of piperidine rings is 1. The SMILES string of the molecule is CCN(CC)CC(C)NC1CCN(C)C(C)C1. The van der Waals surface area contributed by atoms with E-state index in [4.69, 9.17) is 0 Å². The van der Waals surface area contributed by atoms with Gasteiger partial charge in [0.15, 0.2) is 0 Å². The highest BCUT2D eigenvalue weighted by Crippen LogP contribution is 2.15. The second-order valence-corrected chi connectivity index (χ2v) is 5.60. The molecule has 0 aromatic rings. The lowest BCUT2D eigenvalue weighted by atomic mass is 9.98. The highest BCUT2D eigenvalue weighted by atomic mass is 15.2. The van der Waals surface area contributed by atoms with Gasteiger partial charge in [-0.15, -0.1) is 0 Å². The van der Waals surface area contributed by atoms with E-state index < -0.39 is 0 Å². The molecule has 3 heteroatoms. The van der Waals surface area contributed by atoms with Crippen LogP contribution in [0.5, 0.6) is 0 Å². The van der Waals surface area contributed by atoms with Crippen molar-refractivity contribution >= 4 is 0 Å². The Balaban J connectivity index is 2.28. The van der Waals surface area contributed by atoms with Gasteiger partial charge in [0.1, 0.15) is 0 Å². The van der Waals surface area contributed by atoms with E-state index in [1.807, 2.05) is 0 Å². The molecular weight excluding hydrogens is 210 g/mol. The fourth-order valence-electron chi connectivity index (χ4n) is 2.76. The number of hydrogen-bond donors (Lipinski definition) is 1. The van der Waals surface area contributed by atoms with E-state index in [0.29, 0.717) is 12.1 Å². The average molecular weight is 241 g/mol. The molecule has 0 saturated carbocycles. The van der Waals surface area contributed by atoms with Crippen LogP contribution in [0, 0.1) is 0 Å². The Morgan fingerprint density at radius 1 is 1.35 bits per heavy atom. The molecule has 0 aliphatic carbocycles. The molecule has 17 heavy (non-hydrogen) atoms. The molecule has 1 rings (SSSR count). The number of nitrogens with one attached hydrogen (secondary N) is 1. The monoisotopic (exact) mass is 241 g/mol. The smallest absolute Gasteiger partial charge is 0.0169 e. The maximum absolute atomic E-state index is 3.80.